The Kier molecular flexibility index (Phi) is 6.65. The first kappa shape index (κ1) is 21.1. The highest BCUT2D eigenvalue weighted by Crippen LogP contribution is 2.23. The SMILES string of the molecule is O=C(CCCc1ccccc1)N1CCN(C(=O)c2cccc(N3CCCC3=O)c2)CC1. The van der Waals surface area contributed by atoms with Crippen molar-refractivity contribution in [1.82, 2.24) is 9.80 Å². The molecule has 0 aromatic heterocycles. The minimum atomic E-state index is -0.0373. The zero-order valence-electron chi connectivity index (χ0n) is 17.8. The number of amides is 3. The van der Waals surface area contributed by atoms with Crippen molar-refractivity contribution in [2.45, 2.75) is 32.1 Å². The van der Waals surface area contributed by atoms with Crippen molar-refractivity contribution in [3.63, 3.8) is 0 Å². The zero-order chi connectivity index (χ0) is 21.6. The van der Waals surface area contributed by atoms with Crippen LogP contribution in [0.5, 0.6) is 0 Å². The van der Waals surface area contributed by atoms with Gasteiger partial charge in [-0.05, 0) is 43.0 Å². The van der Waals surface area contributed by atoms with Crippen molar-refractivity contribution in [3.8, 4) is 0 Å². The summed E-state index contributed by atoms with van der Waals surface area (Å²) < 4.78 is 0. The van der Waals surface area contributed by atoms with E-state index in [0.29, 0.717) is 51.1 Å². The fourth-order valence-corrected chi connectivity index (χ4v) is 4.32. The van der Waals surface area contributed by atoms with E-state index in [0.717, 1.165) is 24.9 Å². The summed E-state index contributed by atoms with van der Waals surface area (Å²) in [6.07, 6.45) is 3.71. The summed E-state index contributed by atoms with van der Waals surface area (Å²) in [5.41, 5.74) is 2.64. The molecule has 2 aromatic rings. The number of carbonyl (C=O) groups excluding carboxylic acids is 3. The Morgan fingerprint density at radius 1 is 0.839 bits per heavy atom. The molecule has 6 nitrogen and oxygen atoms in total. The molecule has 2 heterocycles. The molecular weight excluding hydrogens is 390 g/mol. The van der Waals surface area contributed by atoms with Gasteiger partial charge in [0.25, 0.3) is 5.91 Å². The van der Waals surface area contributed by atoms with Gasteiger partial charge in [0.1, 0.15) is 0 Å². The monoisotopic (exact) mass is 419 g/mol. The fourth-order valence-electron chi connectivity index (χ4n) is 4.32. The first-order chi connectivity index (χ1) is 15.1. The van der Waals surface area contributed by atoms with Crippen LogP contribution in [-0.2, 0) is 16.0 Å². The number of piperazine rings is 1. The fraction of sp³-hybridized carbons (Fsp3) is 0.400. The maximum Gasteiger partial charge on any atom is 0.254 e. The number of hydrogen-bond acceptors (Lipinski definition) is 3. The van der Waals surface area contributed by atoms with Crippen molar-refractivity contribution in [2.75, 3.05) is 37.6 Å². The highest BCUT2D eigenvalue weighted by atomic mass is 16.2. The molecule has 2 aromatic carbocycles. The van der Waals surface area contributed by atoms with Crippen LogP contribution in [0.3, 0.4) is 0 Å². The Balaban J connectivity index is 1.27. The molecular formula is C25H29N3O3. The summed E-state index contributed by atoms with van der Waals surface area (Å²) in [4.78, 5) is 42.9. The van der Waals surface area contributed by atoms with Gasteiger partial charge >= 0.3 is 0 Å². The quantitative estimate of drug-likeness (QED) is 0.723. The van der Waals surface area contributed by atoms with Crippen LogP contribution in [0.4, 0.5) is 5.69 Å². The molecule has 162 valence electrons. The van der Waals surface area contributed by atoms with Crippen LogP contribution < -0.4 is 4.90 Å². The van der Waals surface area contributed by atoms with Crippen molar-refractivity contribution in [3.05, 3.63) is 65.7 Å². The average Bonchev–Trinajstić information content (AvgIpc) is 3.25. The van der Waals surface area contributed by atoms with Crippen LogP contribution >= 0.6 is 0 Å². The smallest absolute Gasteiger partial charge is 0.254 e. The third-order valence-electron chi connectivity index (χ3n) is 6.10. The number of rotatable bonds is 6. The molecule has 2 saturated heterocycles. The second kappa shape index (κ2) is 9.77. The van der Waals surface area contributed by atoms with Gasteiger partial charge in [0.05, 0.1) is 0 Å². The molecule has 31 heavy (non-hydrogen) atoms. The molecule has 2 aliphatic heterocycles. The molecule has 3 amide bonds. The van der Waals surface area contributed by atoms with E-state index >= 15 is 0 Å². The second-order valence-electron chi connectivity index (χ2n) is 8.21. The lowest BCUT2D eigenvalue weighted by molar-refractivity contribution is -0.132. The van der Waals surface area contributed by atoms with Gasteiger partial charge < -0.3 is 14.7 Å². The Labute approximate surface area is 183 Å². The molecule has 0 N–H and O–H groups in total. The van der Waals surface area contributed by atoms with Crippen LogP contribution in [0.2, 0.25) is 0 Å². The number of anilines is 1. The van der Waals surface area contributed by atoms with E-state index in [1.54, 1.807) is 15.9 Å². The summed E-state index contributed by atoms with van der Waals surface area (Å²) in [5, 5.41) is 0. The molecule has 0 unspecified atom stereocenters. The van der Waals surface area contributed by atoms with Gasteiger partial charge in [0.15, 0.2) is 0 Å². The average molecular weight is 420 g/mol. The zero-order valence-corrected chi connectivity index (χ0v) is 17.8. The van der Waals surface area contributed by atoms with Crippen LogP contribution in [0.1, 0.15) is 41.6 Å². The highest BCUT2D eigenvalue weighted by Gasteiger charge is 2.26. The van der Waals surface area contributed by atoms with Crippen molar-refractivity contribution in [1.29, 1.82) is 0 Å². The molecule has 0 radical (unpaired) electrons. The van der Waals surface area contributed by atoms with Crippen LogP contribution in [0.25, 0.3) is 0 Å². The molecule has 0 aliphatic carbocycles. The Morgan fingerprint density at radius 3 is 2.29 bits per heavy atom. The van der Waals surface area contributed by atoms with E-state index in [4.69, 9.17) is 0 Å². The van der Waals surface area contributed by atoms with E-state index in [1.807, 2.05) is 41.3 Å². The Morgan fingerprint density at radius 2 is 1.58 bits per heavy atom. The summed E-state index contributed by atoms with van der Waals surface area (Å²) in [6.45, 7) is 2.92. The third-order valence-corrected chi connectivity index (χ3v) is 6.10. The van der Waals surface area contributed by atoms with Gasteiger partial charge in [-0.1, -0.05) is 36.4 Å². The summed E-state index contributed by atoms with van der Waals surface area (Å²) in [5.74, 6) is 0.242. The van der Waals surface area contributed by atoms with Crippen molar-refractivity contribution < 1.29 is 14.4 Å². The molecule has 0 saturated carbocycles. The molecule has 4 rings (SSSR count). The second-order valence-corrected chi connectivity index (χ2v) is 8.21. The van der Waals surface area contributed by atoms with E-state index < -0.39 is 0 Å². The lowest BCUT2D eigenvalue weighted by Crippen LogP contribution is -2.50. The number of carbonyl (C=O) groups is 3. The predicted octanol–water partition coefficient (Wildman–Crippen LogP) is 3.12. The number of aryl methyl sites for hydroxylation is 1. The van der Waals surface area contributed by atoms with E-state index in [-0.39, 0.29) is 17.7 Å². The largest absolute Gasteiger partial charge is 0.339 e. The van der Waals surface area contributed by atoms with Crippen LogP contribution in [-0.4, -0.2) is 60.2 Å². The standard InChI is InChI=1S/C25H29N3O3/c29-23(12-4-9-20-7-2-1-3-8-20)26-15-17-27(18-16-26)25(31)21-10-5-11-22(19-21)28-14-6-13-24(28)30/h1-3,5,7-8,10-11,19H,4,6,9,12-18H2. The predicted molar refractivity (Wildman–Crippen MR) is 120 cm³/mol. The van der Waals surface area contributed by atoms with Gasteiger partial charge in [-0.25, -0.2) is 0 Å². The summed E-state index contributed by atoms with van der Waals surface area (Å²) in [7, 11) is 0. The van der Waals surface area contributed by atoms with Crippen LogP contribution in [0, 0.1) is 0 Å². The minimum Gasteiger partial charge on any atom is -0.339 e. The van der Waals surface area contributed by atoms with E-state index in [2.05, 4.69) is 12.1 Å². The summed E-state index contributed by atoms with van der Waals surface area (Å²) >= 11 is 0. The maximum absolute atomic E-state index is 13.0. The Bertz CT molecular complexity index is 936. The number of nitrogens with zero attached hydrogens (tertiary/aromatic N) is 3. The normalized spacial score (nSPS) is 16.6. The van der Waals surface area contributed by atoms with E-state index in [1.165, 1.54) is 5.56 Å². The van der Waals surface area contributed by atoms with Gasteiger partial charge in [0.2, 0.25) is 11.8 Å². The van der Waals surface area contributed by atoms with Crippen molar-refractivity contribution in [2.24, 2.45) is 0 Å². The molecule has 0 bridgehead atoms. The number of benzene rings is 2. The van der Waals surface area contributed by atoms with Gasteiger partial charge in [-0.2, -0.15) is 0 Å². The first-order valence-electron chi connectivity index (χ1n) is 11.1. The van der Waals surface area contributed by atoms with Gasteiger partial charge in [0, 0.05) is 56.8 Å². The molecule has 2 fully saturated rings. The summed E-state index contributed by atoms with van der Waals surface area (Å²) in [6, 6.07) is 17.5. The highest BCUT2D eigenvalue weighted by molar-refractivity contribution is 5.99. The first-order valence-corrected chi connectivity index (χ1v) is 11.1. The van der Waals surface area contributed by atoms with Crippen LogP contribution in [0.15, 0.2) is 54.6 Å². The lowest BCUT2D eigenvalue weighted by atomic mass is 10.1. The van der Waals surface area contributed by atoms with Crippen molar-refractivity contribution >= 4 is 23.4 Å². The molecule has 0 spiro atoms. The molecule has 0 atom stereocenters. The third kappa shape index (κ3) is 5.13. The van der Waals surface area contributed by atoms with Gasteiger partial charge in [-0.15, -0.1) is 0 Å². The molecule has 6 heteroatoms. The lowest BCUT2D eigenvalue weighted by Gasteiger charge is -2.35. The Hall–Kier alpha value is -3.15. The topological polar surface area (TPSA) is 60.9 Å². The van der Waals surface area contributed by atoms with Gasteiger partial charge in [-0.3, -0.25) is 14.4 Å². The number of hydrogen-bond donors (Lipinski definition) is 0. The van der Waals surface area contributed by atoms with E-state index in [9.17, 15) is 14.4 Å². The minimum absolute atomic E-state index is 0.0373. The molecule has 2 aliphatic rings. The maximum atomic E-state index is 13.0.